The molecule has 74 valence electrons. The highest BCUT2D eigenvalue weighted by Crippen LogP contribution is 2.27. The topological polar surface area (TPSA) is 71.8 Å². The summed E-state index contributed by atoms with van der Waals surface area (Å²) in [6.45, 7) is 0. The first-order valence-corrected chi connectivity index (χ1v) is 5.03. The lowest BCUT2D eigenvalue weighted by Crippen LogP contribution is -1.94. The van der Waals surface area contributed by atoms with Crippen molar-refractivity contribution >= 4 is 21.6 Å². The molecule has 15 heavy (non-hydrogen) atoms. The maximum atomic E-state index is 10.8. The van der Waals surface area contributed by atoms with Crippen LogP contribution in [0.25, 0.3) is 21.6 Å². The molecule has 5 nitrogen and oxygen atoms in total. The van der Waals surface area contributed by atoms with E-state index in [9.17, 15) is 4.79 Å². The summed E-state index contributed by atoms with van der Waals surface area (Å²) in [7, 11) is 0. The van der Waals surface area contributed by atoms with Gasteiger partial charge in [-0.15, -0.1) is 0 Å². The zero-order valence-corrected chi connectivity index (χ0v) is 8.25. The number of nitrogens with zero attached hydrogens (tertiary/aromatic N) is 2. The SMILES string of the molecule is O=c1[nH]c(-c2nsc3ccccc23)no1. The molecule has 0 bridgehead atoms. The molecule has 2 heterocycles. The molecule has 1 N–H and O–H groups in total. The van der Waals surface area contributed by atoms with Gasteiger partial charge in [0, 0.05) is 5.39 Å². The van der Waals surface area contributed by atoms with Gasteiger partial charge in [-0.2, -0.15) is 4.37 Å². The van der Waals surface area contributed by atoms with E-state index in [4.69, 9.17) is 0 Å². The van der Waals surface area contributed by atoms with E-state index in [0.29, 0.717) is 11.5 Å². The highest BCUT2D eigenvalue weighted by Gasteiger charge is 2.11. The fraction of sp³-hybridized carbons (Fsp3) is 0. The molecule has 0 spiro atoms. The Morgan fingerprint density at radius 3 is 3.00 bits per heavy atom. The van der Waals surface area contributed by atoms with Gasteiger partial charge in [-0.1, -0.05) is 23.4 Å². The minimum Gasteiger partial charge on any atom is -0.296 e. The number of aromatic nitrogens is 3. The summed E-state index contributed by atoms with van der Waals surface area (Å²) in [5.41, 5.74) is 0.654. The first kappa shape index (κ1) is 8.37. The van der Waals surface area contributed by atoms with Crippen molar-refractivity contribution in [1.82, 2.24) is 14.5 Å². The predicted octanol–water partition coefficient (Wildman–Crippen LogP) is 1.64. The average Bonchev–Trinajstić information content (AvgIpc) is 2.83. The second-order valence-electron chi connectivity index (χ2n) is 2.97. The van der Waals surface area contributed by atoms with Crippen LogP contribution in [0.4, 0.5) is 0 Å². The third-order valence-corrected chi connectivity index (χ3v) is 2.87. The fourth-order valence-corrected chi connectivity index (χ4v) is 2.17. The Kier molecular flexibility index (Phi) is 1.69. The van der Waals surface area contributed by atoms with Crippen LogP contribution in [-0.4, -0.2) is 14.5 Å². The summed E-state index contributed by atoms with van der Waals surface area (Å²) < 4.78 is 9.72. The van der Waals surface area contributed by atoms with E-state index in [0.717, 1.165) is 10.1 Å². The van der Waals surface area contributed by atoms with Crippen LogP contribution in [0.15, 0.2) is 33.6 Å². The summed E-state index contributed by atoms with van der Waals surface area (Å²) in [4.78, 5) is 13.3. The molecule has 3 rings (SSSR count). The van der Waals surface area contributed by atoms with Crippen molar-refractivity contribution in [2.24, 2.45) is 0 Å². The summed E-state index contributed by atoms with van der Waals surface area (Å²) in [5.74, 6) is -0.195. The smallest absolute Gasteiger partial charge is 0.296 e. The molecule has 0 amide bonds. The quantitative estimate of drug-likeness (QED) is 0.675. The van der Waals surface area contributed by atoms with Crippen LogP contribution in [0.3, 0.4) is 0 Å². The highest BCUT2D eigenvalue weighted by atomic mass is 32.1. The lowest BCUT2D eigenvalue weighted by atomic mass is 10.2. The van der Waals surface area contributed by atoms with Crippen molar-refractivity contribution < 1.29 is 4.52 Å². The molecule has 3 aromatic rings. The molecule has 0 fully saturated rings. The number of nitrogens with one attached hydrogen (secondary N) is 1. The van der Waals surface area contributed by atoms with Gasteiger partial charge in [0.05, 0.1) is 4.70 Å². The Balaban J connectivity index is 2.32. The first-order chi connectivity index (χ1) is 7.34. The van der Waals surface area contributed by atoms with Crippen molar-refractivity contribution in [2.45, 2.75) is 0 Å². The Bertz CT molecular complexity index is 667. The third kappa shape index (κ3) is 1.26. The molecular formula is C9H5N3O2S. The van der Waals surface area contributed by atoms with Gasteiger partial charge in [0.1, 0.15) is 5.69 Å². The minimum absolute atomic E-state index is 0.373. The monoisotopic (exact) mass is 219 g/mol. The van der Waals surface area contributed by atoms with E-state index in [1.807, 2.05) is 24.3 Å². The van der Waals surface area contributed by atoms with Crippen molar-refractivity contribution in [1.29, 1.82) is 0 Å². The van der Waals surface area contributed by atoms with Gasteiger partial charge >= 0.3 is 5.76 Å². The Morgan fingerprint density at radius 1 is 1.33 bits per heavy atom. The average molecular weight is 219 g/mol. The molecule has 0 aliphatic carbocycles. The van der Waals surface area contributed by atoms with Gasteiger partial charge in [0.2, 0.25) is 5.82 Å². The van der Waals surface area contributed by atoms with Crippen molar-refractivity contribution in [3.05, 3.63) is 34.8 Å². The van der Waals surface area contributed by atoms with E-state index in [-0.39, 0.29) is 0 Å². The summed E-state index contributed by atoms with van der Waals surface area (Å²) in [6.07, 6.45) is 0. The van der Waals surface area contributed by atoms with E-state index in [2.05, 4.69) is 19.0 Å². The molecule has 6 heteroatoms. The van der Waals surface area contributed by atoms with E-state index >= 15 is 0 Å². The van der Waals surface area contributed by atoms with Crippen LogP contribution >= 0.6 is 11.5 Å². The van der Waals surface area contributed by atoms with Crippen LogP contribution in [0.5, 0.6) is 0 Å². The van der Waals surface area contributed by atoms with Gasteiger partial charge in [-0.3, -0.25) is 9.51 Å². The Labute approximate surface area is 87.5 Å². The lowest BCUT2D eigenvalue weighted by Gasteiger charge is -1.88. The zero-order valence-electron chi connectivity index (χ0n) is 7.43. The Morgan fingerprint density at radius 2 is 2.20 bits per heavy atom. The summed E-state index contributed by atoms with van der Waals surface area (Å²) in [6, 6.07) is 7.75. The molecule has 0 saturated carbocycles. The first-order valence-electron chi connectivity index (χ1n) is 4.25. The zero-order chi connectivity index (χ0) is 10.3. The molecule has 0 aliphatic rings. The number of hydrogen-bond donors (Lipinski definition) is 1. The standard InChI is InChI=1S/C9H5N3O2S/c13-9-10-8(11-14-9)7-5-3-1-2-4-6(5)15-12-7/h1-4H,(H,10,11,13). The molecular weight excluding hydrogens is 214 g/mol. The second kappa shape index (κ2) is 3.03. The number of fused-ring (bicyclic) bond motifs is 1. The fourth-order valence-electron chi connectivity index (χ4n) is 1.39. The second-order valence-corrected chi connectivity index (χ2v) is 3.78. The molecule has 0 saturated heterocycles. The van der Waals surface area contributed by atoms with Crippen LogP contribution < -0.4 is 5.76 Å². The molecule has 1 aromatic carbocycles. The van der Waals surface area contributed by atoms with E-state index in [1.54, 1.807) is 0 Å². The van der Waals surface area contributed by atoms with Crippen molar-refractivity contribution in [3.8, 4) is 11.5 Å². The minimum atomic E-state index is -0.568. The summed E-state index contributed by atoms with van der Waals surface area (Å²) in [5, 5.41) is 4.57. The van der Waals surface area contributed by atoms with Crippen LogP contribution in [0.2, 0.25) is 0 Å². The number of hydrogen-bond acceptors (Lipinski definition) is 5. The maximum Gasteiger partial charge on any atom is 0.439 e. The highest BCUT2D eigenvalue weighted by molar-refractivity contribution is 7.13. The van der Waals surface area contributed by atoms with Gasteiger partial charge < -0.3 is 0 Å². The van der Waals surface area contributed by atoms with Crippen molar-refractivity contribution in [3.63, 3.8) is 0 Å². The van der Waals surface area contributed by atoms with Crippen LogP contribution in [0.1, 0.15) is 0 Å². The van der Waals surface area contributed by atoms with Crippen LogP contribution in [0, 0.1) is 0 Å². The van der Waals surface area contributed by atoms with E-state index in [1.165, 1.54) is 11.5 Å². The molecule has 0 unspecified atom stereocenters. The number of rotatable bonds is 1. The van der Waals surface area contributed by atoms with Crippen LogP contribution in [-0.2, 0) is 0 Å². The van der Waals surface area contributed by atoms with Crippen molar-refractivity contribution in [2.75, 3.05) is 0 Å². The third-order valence-electron chi connectivity index (χ3n) is 2.04. The van der Waals surface area contributed by atoms with Gasteiger partial charge in [-0.25, -0.2) is 4.79 Å². The predicted molar refractivity (Wildman–Crippen MR) is 55.7 cm³/mol. The normalized spacial score (nSPS) is 10.9. The maximum absolute atomic E-state index is 10.8. The lowest BCUT2D eigenvalue weighted by molar-refractivity contribution is 0.388. The van der Waals surface area contributed by atoms with Gasteiger partial charge in [-0.05, 0) is 17.6 Å². The largest absolute Gasteiger partial charge is 0.439 e. The van der Waals surface area contributed by atoms with E-state index < -0.39 is 5.76 Å². The number of H-pyrrole nitrogens is 1. The number of aromatic amines is 1. The molecule has 0 aliphatic heterocycles. The molecule has 2 aromatic heterocycles. The van der Waals surface area contributed by atoms with Gasteiger partial charge in [0.25, 0.3) is 0 Å². The summed E-state index contributed by atoms with van der Waals surface area (Å²) >= 11 is 1.36. The molecule has 0 radical (unpaired) electrons. The Hall–Kier alpha value is -1.95. The molecule has 0 atom stereocenters. The van der Waals surface area contributed by atoms with Gasteiger partial charge in [0.15, 0.2) is 0 Å². The number of benzene rings is 1.